The Morgan fingerprint density at radius 2 is 2.12 bits per heavy atom. The van der Waals surface area contributed by atoms with Crippen molar-refractivity contribution in [3.05, 3.63) is 21.3 Å². The summed E-state index contributed by atoms with van der Waals surface area (Å²) < 4.78 is 0.628. The molecule has 2 amide bonds. The van der Waals surface area contributed by atoms with E-state index in [0.717, 1.165) is 4.88 Å². The van der Waals surface area contributed by atoms with Crippen LogP contribution in [-0.2, 0) is 11.3 Å². The summed E-state index contributed by atoms with van der Waals surface area (Å²) in [6, 6.07) is 2.95. The van der Waals surface area contributed by atoms with Crippen molar-refractivity contribution in [1.82, 2.24) is 10.6 Å². The lowest BCUT2D eigenvalue weighted by molar-refractivity contribution is -0.146. The van der Waals surface area contributed by atoms with Gasteiger partial charge in [0.25, 0.3) is 0 Å². The molecule has 0 aromatic carbocycles. The fraction of sp³-hybridized carbons (Fsp3) is 0.333. The minimum absolute atomic E-state index is 0.298. The highest BCUT2D eigenvalue weighted by atomic mass is 35.5. The van der Waals surface area contributed by atoms with Gasteiger partial charge in [0.05, 0.1) is 17.4 Å². The second kappa shape index (κ2) is 6.43. The molecule has 0 bridgehead atoms. The van der Waals surface area contributed by atoms with Crippen LogP contribution < -0.4 is 10.6 Å². The van der Waals surface area contributed by atoms with Crippen LogP contribution >= 0.6 is 22.9 Å². The van der Waals surface area contributed by atoms with Gasteiger partial charge in [0.15, 0.2) is 6.10 Å². The molecule has 0 aliphatic carbocycles. The lowest BCUT2D eigenvalue weighted by atomic mass is 10.4. The fourth-order valence-electron chi connectivity index (χ4n) is 0.953. The van der Waals surface area contributed by atoms with Crippen molar-refractivity contribution in [1.29, 1.82) is 0 Å². The lowest BCUT2D eigenvalue weighted by Crippen LogP contribution is -2.41. The van der Waals surface area contributed by atoms with E-state index in [1.54, 1.807) is 12.1 Å². The Labute approximate surface area is 106 Å². The van der Waals surface area contributed by atoms with Gasteiger partial charge < -0.3 is 20.8 Å². The summed E-state index contributed by atoms with van der Waals surface area (Å²) in [5, 5.41) is 22.0. The molecule has 0 unspecified atom stereocenters. The van der Waals surface area contributed by atoms with Crippen molar-refractivity contribution in [3.8, 4) is 0 Å². The summed E-state index contributed by atoms with van der Waals surface area (Å²) in [5.41, 5.74) is 0. The summed E-state index contributed by atoms with van der Waals surface area (Å²) in [4.78, 5) is 22.3. The summed E-state index contributed by atoms with van der Waals surface area (Å²) in [6.07, 6.45) is -1.60. The molecule has 0 spiro atoms. The van der Waals surface area contributed by atoms with Crippen LogP contribution in [-0.4, -0.2) is 34.9 Å². The second-order valence-electron chi connectivity index (χ2n) is 3.12. The van der Waals surface area contributed by atoms with Gasteiger partial charge in [-0.05, 0) is 12.1 Å². The third kappa shape index (κ3) is 5.03. The average Bonchev–Trinajstić information content (AvgIpc) is 2.69. The second-order valence-corrected chi connectivity index (χ2v) is 4.92. The van der Waals surface area contributed by atoms with Crippen molar-refractivity contribution in [2.75, 3.05) is 6.54 Å². The van der Waals surface area contributed by atoms with E-state index in [1.807, 2.05) is 0 Å². The number of carbonyl (C=O) groups excluding carboxylic acids is 1. The third-order valence-corrected chi connectivity index (χ3v) is 3.02. The first-order valence-electron chi connectivity index (χ1n) is 4.66. The minimum atomic E-state index is -1.60. The van der Waals surface area contributed by atoms with Crippen molar-refractivity contribution < 1.29 is 19.8 Å². The maximum Gasteiger partial charge on any atom is 0.334 e. The summed E-state index contributed by atoms with van der Waals surface area (Å²) in [6.45, 7) is -0.0429. The van der Waals surface area contributed by atoms with Gasteiger partial charge in [-0.1, -0.05) is 11.6 Å². The number of rotatable bonds is 5. The number of aliphatic carboxylic acids is 1. The molecule has 94 valence electrons. The molecular formula is C9H11ClN2O4S. The van der Waals surface area contributed by atoms with E-state index in [0.29, 0.717) is 10.9 Å². The number of carboxylic acids is 1. The molecule has 1 aromatic heterocycles. The molecule has 0 saturated heterocycles. The van der Waals surface area contributed by atoms with E-state index in [2.05, 4.69) is 10.6 Å². The monoisotopic (exact) mass is 278 g/mol. The molecule has 1 rings (SSSR count). The summed E-state index contributed by atoms with van der Waals surface area (Å²) in [5.74, 6) is -1.38. The van der Waals surface area contributed by atoms with Gasteiger partial charge in [0, 0.05) is 4.88 Å². The Morgan fingerprint density at radius 1 is 1.41 bits per heavy atom. The van der Waals surface area contributed by atoms with Gasteiger partial charge >= 0.3 is 12.0 Å². The van der Waals surface area contributed by atoms with Crippen LogP contribution in [0, 0.1) is 0 Å². The van der Waals surface area contributed by atoms with Crippen LogP contribution in [0.25, 0.3) is 0 Å². The third-order valence-electron chi connectivity index (χ3n) is 1.79. The smallest absolute Gasteiger partial charge is 0.334 e. The zero-order chi connectivity index (χ0) is 12.8. The first kappa shape index (κ1) is 13.8. The Kier molecular flexibility index (Phi) is 5.20. The predicted octanol–water partition coefficient (Wildman–Crippen LogP) is 0.646. The molecule has 0 aliphatic heterocycles. The SMILES string of the molecule is O=C(NCc1ccc(Cl)s1)NC[C@H](O)C(=O)O. The van der Waals surface area contributed by atoms with Crippen LogP contribution in [0.4, 0.5) is 4.79 Å². The van der Waals surface area contributed by atoms with Crippen LogP contribution in [0.1, 0.15) is 4.88 Å². The average molecular weight is 279 g/mol. The molecule has 1 heterocycles. The molecule has 6 nitrogen and oxygen atoms in total. The highest BCUT2D eigenvalue weighted by molar-refractivity contribution is 7.16. The first-order valence-corrected chi connectivity index (χ1v) is 5.85. The molecular weight excluding hydrogens is 268 g/mol. The number of carbonyl (C=O) groups is 2. The van der Waals surface area contributed by atoms with Gasteiger partial charge in [-0.3, -0.25) is 0 Å². The molecule has 17 heavy (non-hydrogen) atoms. The quantitative estimate of drug-likeness (QED) is 0.635. The Bertz CT molecular complexity index is 409. The molecule has 4 N–H and O–H groups in total. The van der Waals surface area contributed by atoms with Crippen molar-refractivity contribution >= 4 is 34.9 Å². The van der Waals surface area contributed by atoms with Crippen LogP contribution in [0.5, 0.6) is 0 Å². The minimum Gasteiger partial charge on any atom is -0.479 e. The first-order chi connectivity index (χ1) is 7.99. The number of nitrogens with one attached hydrogen (secondary N) is 2. The predicted molar refractivity (Wildman–Crippen MR) is 63.2 cm³/mol. The number of amides is 2. The van der Waals surface area contributed by atoms with Gasteiger partial charge in [-0.2, -0.15) is 0 Å². The number of hydrogen-bond acceptors (Lipinski definition) is 4. The number of halogens is 1. The Morgan fingerprint density at radius 3 is 2.65 bits per heavy atom. The Balaban J connectivity index is 2.24. The van der Waals surface area contributed by atoms with Gasteiger partial charge in [-0.15, -0.1) is 11.3 Å². The molecule has 8 heteroatoms. The molecule has 0 fully saturated rings. The van der Waals surface area contributed by atoms with E-state index in [-0.39, 0.29) is 6.54 Å². The zero-order valence-corrected chi connectivity index (χ0v) is 10.2. The number of hydrogen-bond donors (Lipinski definition) is 4. The maximum atomic E-state index is 11.2. The normalized spacial score (nSPS) is 11.9. The van der Waals surface area contributed by atoms with Gasteiger partial charge in [0.2, 0.25) is 0 Å². The van der Waals surface area contributed by atoms with Crippen LogP contribution in [0.3, 0.4) is 0 Å². The zero-order valence-electron chi connectivity index (χ0n) is 8.64. The number of thiophene rings is 1. The lowest BCUT2D eigenvalue weighted by Gasteiger charge is -2.08. The van der Waals surface area contributed by atoms with E-state index in [1.165, 1.54) is 11.3 Å². The van der Waals surface area contributed by atoms with Crippen molar-refractivity contribution in [3.63, 3.8) is 0 Å². The number of aliphatic hydroxyl groups excluding tert-OH is 1. The van der Waals surface area contributed by atoms with Crippen LogP contribution in [0.15, 0.2) is 12.1 Å². The summed E-state index contributed by atoms with van der Waals surface area (Å²) in [7, 11) is 0. The summed E-state index contributed by atoms with van der Waals surface area (Å²) >= 11 is 7.04. The highest BCUT2D eigenvalue weighted by Crippen LogP contribution is 2.20. The van der Waals surface area contributed by atoms with E-state index >= 15 is 0 Å². The maximum absolute atomic E-state index is 11.2. The number of carboxylic acid groups (broad SMARTS) is 1. The van der Waals surface area contributed by atoms with E-state index in [9.17, 15) is 9.59 Å². The molecule has 0 saturated carbocycles. The van der Waals surface area contributed by atoms with E-state index in [4.69, 9.17) is 21.8 Å². The van der Waals surface area contributed by atoms with Crippen molar-refractivity contribution in [2.24, 2.45) is 0 Å². The standard InChI is InChI=1S/C9H11ClN2O4S/c10-7-2-1-5(17-7)3-11-9(16)12-4-6(13)8(14)15/h1-2,6,13H,3-4H2,(H,14,15)(H2,11,12,16)/t6-/m0/s1. The van der Waals surface area contributed by atoms with Crippen molar-refractivity contribution in [2.45, 2.75) is 12.6 Å². The van der Waals surface area contributed by atoms with Gasteiger partial charge in [-0.25, -0.2) is 9.59 Å². The van der Waals surface area contributed by atoms with Gasteiger partial charge in [0.1, 0.15) is 0 Å². The number of aliphatic hydroxyl groups is 1. The Hall–Kier alpha value is -1.31. The fourth-order valence-corrected chi connectivity index (χ4v) is 1.98. The van der Waals surface area contributed by atoms with Crippen LogP contribution in [0.2, 0.25) is 4.34 Å². The number of urea groups is 1. The topological polar surface area (TPSA) is 98.7 Å². The molecule has 1 aromatic rings. The molecule has 1 atom stereocenters. The highest BCUT2D eigenvalue weighted by Gasteiger charge is 2.13. The molecule has 0 radical (unpaired) electrons. The molecule has 0 aliphatic rings. The van der Waals surface area contributed by atoms with E-state index < -0.39 is 18.1 Å². The largest absolute Gasteiger partial charge is 0.479 e.